The van der Waals surface area contributed by atoms with E-state index in [2.05, 4.69) is 5.32 Å². The van der Waals surface area contributed by atoms with E-state index < -0.39 is 12.2 Å². The van der Waals surface area contributed by atoms with E-state index >= 15 is 0 Å². The predicted molar refractivity (Wildman–Crippen MR) is 87.1 cm³/mol. The Morgan fingerprint density at radius 2 is 1.68 bits per heavy atom. The summed E-state index contributed by atoms with van der Waals surface area (Å²) in [5.41, 5.74) is 1.22. The van der Waals surface area contributed by atoms with Gasteiger partial charge in [-0.05, 0) is 42.0 Å². The lowest BCUT2D eigenvalue weighted by molar-refractivity contribution is -0.120. The van der Waals surface area contributed by atoms with Crippen LogP contribution in [-0.4, -0.2) is 31.2 Å². The molecule has 1 aliphatic heterocycles. The number of carbonyl (C=O) groups is 2. The van der Waals surface area contributed by atoms with E-state index in [1.165, 1.54) is 41.3 Å². The number of carbonyl (C=O) groups excluding carboxylic acids is 2. The molecule has 3 rings (SSSR count). The van der Waals surface area contributed by atoms with E-state index in [0.29, 0.717) is 11.3 Å². The van der Waals surface area contributed by atoms with Crippen molar-refractivity contribution in [3.63, 3.8) is 0 Å². The maximum atomic E-state index is 13.0. The molecule has 1 heterocycles. The van der Waals surface area contributed by atoms with Crippen LogP contribution in [0, 0.1) is 11.6 Å². The van der Waals surface area contributed by atoms with Crippen molar-refractivity contribution in [3.8, 4) is 0 Å². The number of anilines is 1. The Kier molecular flexibility index (Phi) is 4.92. The number of hydrogen-bond donors (Lipinski definition) is 1. The van der Waals surface area contributed by atoms with Crippen LogP contribution in [0.25, 0.3) is 0 Å². The number of benzene rings is 2. The first-order valence-corrected chi connectivity index (χ1v) is 7.76. The average Bonchev–Trinajstić information content (AvgIpc) is 2.97. The molecular weight excluding hydrogens is 330 g/mol. The van der Waals surface area contributed by atoms with Crippen molar-refractivity contribution >= 4 is 17.7 Å². The Morgan fingerprint density at radius 1 is 1.08 bits per heavy atom. The molecule has 1 N–H and O–H groups in total. The molecule has 2 aromatic carbocycles. The summed E-state index contributed by atoms with van der Waals surface area (Å²) in [5.74, 6) is -0.994. The number of rotatable bonds is 5. The number of halogens is 2. The third kappa shape index (κ3) is 4.32. The lowest BCUT2D eigenvalue weighted by Crippen LogP contribution is -2.35. The summed E-state index contributed by atoms with van der Waals surface area (Å²) >= 11 is 0. The summed E-state index contributed by atoms with van der Waals surface area (Å²) in [6, 6.07) is 11.2. The maximum Gasteiger partial charge on any atom is 0.414 e. The Bertz CT molecular complexity index is 763. The fraction of sp³-hybridized carbons (Fsp3) is 0.222. The maximum absolute atomic E-state index is 13.0. The van der Waals surface area contributed by atoms with Gasteiger partial charge >= 0.3 is 6.09 Å². The SMILES string of the molecule is O=C(Cc1ccc(F)cc1)NC[C@H]1CN(c2ccc(F)cc2)C(=O)O1. The first-order valence-electron chi connectivity index (χ1n) is 7.76. The fourth-order valence-electron chi connectivity index (χ4n) is 2.54. The van der Waals surface area contributed by atoms with Crippen LogP contribution >= 0.6 is 0 Å². The van der Waals surface area contributed by atoms with Gasteiger partial charge in [0.15, 0.2) is 0 Å². The Labute approximate surface area is 143 Å². The molecule has 2 amide bonds. The summed E-state index contributed by atoms with van der Waals surface area (Å²) in [7, 11) is 0. The molecule has 1 fully saturated rings. The van der Waals surface area contributed by atoms with Crippen molar-refractivity contribution in [3.05, 3.63) is 65.7 Å². The van der Waals surface area contributed by atoms with E-state index in [4.69, 9.17) is 4.74 Å². The van der Waals surface area contributed by atoms with Gasteiger partial charge in [0.1, 0.15) is 17.7 Å². The molecule has 0 aliphatic carbocycles. The molecule has 2 aromatic rings. The summed E-state index contributed by atoms with van der Waals surface area (Å²) < 4.78 is 31.0. The van der Waals surface area contributed by atoms with Gasteiger partial charge in [0, 0.05) is 5.69 Å². The largest absolute Gasteiger partial charge is 0.442 e. The van der Waals surface area contributed by atoms with E-state index in [1.54, 1.807) is 12.1 Å². The van der Waals surface area contributed by atoms with Crippen LogP contribution in [0.1, 0.15) is 5.56 Å². The number of nitrogens with one attached hydrogen (secondary N) is 1. The third-order valence-electron chi connectivity index (χ3n) is 3.82. The van der Waals surface area contributed by atoms with Crippen LogP contribution < -0.4 is 10.2 Å². The van der Waals surface area contributed by atoms with E-state index in [9.17, 15) is 18.4 Å². The average molecular weight is 346 g/mol. The summed E-state index contributed by atoms with van der Waals surface area (Å²) in [6.07, 6.45) is -0.915. The van der Waals surface area contributed by atoms with E-state index in [0.717, 1.165) is 0 Å². The molecule has 0 bridgehead atoms. The van der Waals surface area contributed by atoms with Gasteiger partial charge in [-0.3, -0.25) is 9.69 Å². The Hall–Kier alpha value is -2.96. The van der Waals surface area contributed by atoms with Crippen LogP contribution in [0.5, 0.6) is 0 Å². The van der Waals surface area contributed by atoms with E-state index in [1.807, 2.05) is 0 Å². The molecule has 0 spiro atoms. The normalized spacial score (nSPS) is 16.6. The first-order chi connectivity index (χ1) is 12.0. The van der Waals surface area contributed by atoms with Crippen LogP contribution in [0.4, 0.5) is 19.3 Å². The standard InChI is InChI=1S/C18H16F2N2O3/c19-13-3-1-12(2-4-13)9-17(23)21-10-16-11-22(18(24)25-16)15-7-5-14(20)6-8-15/h1-8,16H,9-11H2,(H,21,23)/t16-/m0/s1. The Balaban J connectivity index is 1.50. The number of amides is 2. The van der Waals surface area contributed by atoms with Crippen molar-refractivity contribution in [1.82, 2.24) is 5.32 Å². The molecule has 1 aliphatic rings. The van der Waals surface area contributed by atoms with Crippen molar-refractivity contribution in [2.24, 2.45) is 0 Å². The van der Waals surface area contributed by atoms with Crippen molar-refractivity contribution in [2.45, 2.75) is 12.5 Å². The molecule has 130 valence electrons. The molecule has 5 nitrogen and oxygen atoms in total. The quantitative estimate of drug-likeness (QED) is 0.905. The lowest BCUT2D eigenvalue weighted by atomic mass is 10.1. The molecular formula is C18H16F2N2O3. The minimum Gasteiger partial charge on any atom is -0.442 e. The highest BCUT2D eigenvalue weighted by Gasteiger charge is 2.32. The van der Waals surface area contributed by atoms with E-state index in [-0.39, 0.29) is 37.1 Å². The van der Waals surface area contributed by atoms with Gasteiger partial charge < -0.3 is 10.1 Å². The fourth-order valence-corrected chi connectivity index (χ4v) is 2.54. The number of ether oxygens (including phenoxy) is 1. The minimum absolute atomic E-state index is 0.114. The predicted octanol–water partition coefficient (Wildman–Crippen LogP) is 2.65. The van der Waals surface area contributed by atoms with Crippen LogP contribution in [-0.2, 0) is 16.0 Å². The molecule has 1 saturated heterocycles. The number of hydrogen-bond acceptors (Lipinski definition) is 3. The molecule has 25 heavy (non-hydrogen) atoms. The summed E-state index contributed by atoms with van der Waals surface area (Å²) in [4.78, 5) is 25.2. The number of nitrogens with zero attached hydrogens (tertiary/aromatic N) is 1. The third-order valence-corrected chi connectivity index (χ3v) is 3.82. The second-order valence-corrected chi connectivity index (χ2v) is 5.70. The van der Waals surface area contributed by atoms with Crippen molar-refractivity contribution in [2.75, 3.05) is 18.0 Å². The van der Waals surface area contributed by atoms with Crippen LogP contribution in [0.3, 0.4) is 0 Å². The molecule has 1 atom stereocenters. The molecule has 0 aromatic heterocycles. The molecule has 0 unspecified atom stereocenters. The van der Waals surface area contributed by atoms with Gasteiger partial charge in [-0.25, -0.2) is 13.6 Å². The second-order valence-electron chi connectivity index (χ2n) is 5.70. The summed E-state index contributed by atoms with van der Waals surface area (Å²) in [5, 5.41) is 2.69. The lowest BCUT2D eigenvalue weighted by Gasteiger charge is -2.13. The zero-order valence-corrected chi connectivity index (χ0v) is 13.2. The zero-order valence-electron chi connectivity index (χ0n) is 13.2. The van der Waals surface area contributed by atoms with Crippen molar-refractivity contribution in [1.29, 1.82) is 0 Å². The molecule has 0 saturated carbocycles. The smallest absolute Gasteiger partial charge is 0.414 e. The van der Waals surface area contributed by atoms with Gasteiger partial charge in [0.05, 0.1) is 19.5 Å². The van der Waals surface area contributed by atoms with Gasteiger partial charge in [0.2, 0.25) is 5.91 Å². The van der Waals surface area contributed by atoms with Crippen LogP contribution in [0.15, 0.2) is 48.5 Å². The monoisotopic (exact) mass is 346 g/mol. The second kappa shape index (κ2) is 7.29. The highest BCUT2D eigenvalue weighted by molar-refractivity contribution is 5.89. The van der Waals surface area contributed by atoms with Gasteiger partial charge in [-0.15, -0.1) is 0 Å². The highest BCUT2D eigenvalue weighted by atomic mass is 19.1. The van der Waals surface area contributed by atoms with Crippen LogP contribution in [0.2, 0.25) is 0 Å². The topological polar surface area (TPSA) is 58.6 Å². The molecule has 7 heteroatoms. The first kappa shape index (κ1) is 16.9. The zero-order chi connectivity index (χ0) is 17.8. The van der Waals surface area contributed by atoms with Gasteiger partial charge in [0.25, 0.3) is 0 Å². The summed E-state index contributed by atoms with van der Waals surface area (Å²) in [6.45, 7) is 0.435. The minimum atomic E-state index is -0.538. The van der Waals surface area contributed by atoms with Crippen molar-refractivity contribution < 1.29 is 23.1 Å². The van der Waals surface area contributed by atoms with Gasteiger partial charge in [-0.2, -0.15) is 0 Å². The van der Waals surface area contributed by atoms with Gasteiger partial charge in [-0.1, -0.05) is 12.1 Å². The number of cyclic esters (lactones) is 1. The Morgan fingerprint density at radius 3 is 2.32 bits per heavy atom. The molecule has 0 radical (unpaired) electrons. The highest BCUT2D eigenvalue weighted by Crippen LogP contribution is 2.21.